The van der Waals surface area contributed by atoms with Crippen LogP contribution in [0.4, 0.5) is 0 Å². The molecule has 0 aliphatic carbocycles. The molecule has 2 saturated heterocycles. The highest BCUT2D eigenvalue weighted by atomic mass is 15.3. The summed E-state index contributed by atoms with van der Waals surface area (Å²) < 4.78 is 0. The summed E-state index contributed by atoms with van der Waals surface area (Å²) in [4.78, 5) is 5.55. The lowest BCUT2D eigenvalue weighted by Gasteiger charge is -2.49. The molecule has 0 aromatic carbocycles. The van der Waals surface area contributed by atoms with Gasteiger partial charge < -0.3 is 0 Å². The first-order chi connectivity index (χ1) is 8.00. The Morgan fingerprint density at radius 1 is 1.00 bits per heavy atom. The van der Waals surface area contributed by atoms with Crippen LogP contribution in [0.25, 0.3) is 0 Å². The Morgan fingerprint density at radius 3 is 2.29 bits per heavy atom. The van der Waals surface area contributed by atoms with E-state index in [0.29, 0.717) is 0 Å². The fourth-order valence-electron chi connectivity index (χ4n) is 3.51. The summed E-state index contributed by atoms with van der Waals surface area (Å²) in [6.45, 7) is 15.9. The van der Waals surface area contributed by atoms with Crippen molar-refractivity contribution in [2.45, 2.75) is 65.6 Å². The highest BCUT2D eigenvalue weighted by Crippen LogP contribution is 2.30. The SMILES string of the molecule is CC(C)C(C)N1CC2CCCN2CC1C(C)C. The molecule has 0 saturated carbocycles. The van der Waals surface area contributed by atoms with Crippen molar-refractivity contribution in [3.05, 3.63) is 0 Å². The Bertz CT molecular complexity index is 249. The lowest BCUT2D eigenvalue weighted by molar-refractivity contribution is -0.00719. The minimum absolute atomic E-state index is 0.727. The molecule has 100 valence electrons. The van der Waals surface area contributed by atoms with E-state index in [2.05, 4.69) is 44.4 Å². The van der Waals surface area contributed by atoms with E-state index in [1.54, 1.807) is 0 Å². The van der Waals surface area contributed by atoms with Crippen molar-refractivity contribution in [1.82, 2.24) is 9.80 Å². The van der Waals surface area contributed by atoms with E-state index in [1.807, 2.05) is 0 Å². The fraction of sp³-hybridized carbons (Fsp3) is 1.00. The zero-order valence-corrected chi connectivity index (χ0v) is 12.3. The topological polar surface area (TPSA) is 6.48 Å². The van der Waals surface area contributed by atoms with Crippen molar-refractivity contribution in [3.8, 4) is 0 Å². The van der Waals surface area contributed by atoms with E-state index in [9.17, 15) is 0 Å². The molecule has 3 unspecified atom stereocenters. The van der Waals surface area contributed by atoms with E-state index in [-0.39, 0.29) is 0 Å². The normalized spacial score (nSPS) is 33.4. The van der Waals surface area contributed by atoms with Crippen LogP contribution in [-0.4, -0.2) is 47.6 Å². The summed E-state index contributed by atoms with van der Waals surface area (Å²) >= 11 is 0. The van der Waals surface area contributed by atoms with E-state index < -0.39 is 0 Å². The van der Waals surface area contributed by atoms with Crippen molar-refractivity contribution in [3.63, 3.8) is 0 Å². The zero-order valence-electron chi connectivity index (χ0n) is 12.3. The quantitative estimate of drug-likeness (QED) is 0.746. The van der Waals surface area contributed by atoms with Gasteiger partial charge in [-0.15, -0.1) is 0 Å². The molecule has 0 aromatic heterocycles. The van der Waals surface area contributed by atoms with Crippen LogP contribution in [0.2, 0.25) is 0 Å². The smallest absolute Gasteiger partial charge is 0.0249 e. The molecule has 0 radical (unpaired) electrons. The molecule has 0 amide bonds. The molecule has 2 rings (SSSR count). The molecule has 2 heterocycles. The average molecular weight is 238 g/mol. The van der Waals surface area contributed by atoms with E-state index >= 15 is 0 Å². The molecule has 3 atom stereocenters. The Balaban J connectivity index is 2.10. The summed E-state index contributed by atoms with van der Waals surface area (Å²) in [6, 6.07) is 2.35. The van der Waals surface area contributed by atoms with Gasteiger partial charge in [0, 0.05) is 31.2 Å². The van der Waals surface area contributed by atoms with Crippen molar-refractivity contribution in [1.29, 1.82) is 0 Å². The Hall–Kier alpha value is -0.0800. The van der Waals surface area contributed by atoms with Gasteiger partial charge in [-0.2, -0.15) is 0 Å². The predicted octanol–water partition coefficient (Wildman–Crippen LogP) is 2.84. The fourth-order valence-corrected chi connectivity index (χ4v) is 3.51. The first-order valence-corrected chi connectivity index (χ1v) is 7.50. The second-order valence-corrected chi connectivity index (χ2v) is 6.78. The molecule has 0 spiro atoms. The van der Waals surface area contributed by atoms with Crippen LogP contribution in [0, 0.1) is 11.8 Å². The maximum absolute atomic E-state index is 2.81. The van der Waals surface area contributed by atoms with Gasteiger partial charge in [-0.3, -0.25) is 9.80 Å². The first-order valence-electron chi connectivity index (χ1n) is 7.50. The third kappa shape index (κ3) is 2.68. The summed E-state index contributed by atoms with van der Waals surface area (Å²) in [5.41, 5.74) is 0. The third-order valence-corrected chi connectivity index (χ3v) is 5.03. The molecule has 2 heteroatoms. The Morgan fingerprint density at radius 2 is 1.71 bits per heavy atom. The number of hydrogen-bond acceptors (Lipinski definition) is 2. The lowest BCUT2D eigenvalue weighted by atomic mass is 9.92. The largest absolute Gasteiger partial charge is 0.298 e. The number of nitrogens with zero attached hydrogens (tertiary/aromatic N) is 2. The molecule has 0 N–H and O–H groups in total. The monoisotopic (exact) mass is 238 g/mol. The molecule has 0 bridgehead atoms. The number of fused-ring (bicyclic) bond motifs is 1. The predicted molar refractivity (Wildman–Crippen MR) is 74.2 cm³/mol. The first kappa shape index (κ1) is 13.4. The average Bonchev–Trinajstić information content (AvgIpc) is 2.72. The summed E-state index contributed by atoms with van der Waals surface area (Å²) in [6.07, 6.45) is 2.84. The van der Waals surface area contributed by atoms with Crippen LogP contribution in [0.3, 0.4) is 0 Å². The molecule has 2 nitrogen and oxygen atoms in total. The maximum Gasteiger partial charge on any atom is 0.0249 e. The lowest BCUT2D eigenvalue weighted by Crippen LogP contribution is -2.60. The molecule has 0 aromatic rings. The second-order valence-electron chi connectivity index (χ2n) is 6.78. The minimum atomic E-state index is 0.727. The molecular weight excluding hydrogens is 208 g/mol. The number of rotatable bonds is 3. The molecule has 2 aliphatic heterocycles. The third-order valence-electron chi connectivity index (χ3n) is 5.03. The van der Waals surface area contributed by atoms with Gasteiger partial charge in [-0.25, -0.2) is 0 Å². The minimum Gasteiger partial charge on any atom is -0.298 e. The standard InChI is InChI=1S/C15H30N2/c1-11(2)13(5)17-9-14-7-6-8-16(14)10-15(17)12(3)4/h11-15H,6-10H2,1-5H3. The molecular formula is C15H30N2. The maximum atomic E-state index is 2.81. The van der Waals surface area contributed by atoms with Crippen molar-refractivity contribution in [2.24, 2.45) is 11.8 Å². The van der Waals surface area contributed by atoms with Gasteiger partial charge >= 0.3 is 0 Å². The Labute approximate surface area is 107 Å². The van der Waals surface area contributed by atoms with E-state index in [4.69, 9.17) is 0 Å². The van der Waals surface area contributed by atoms with Crippen molar-refractivity contribution >= 4 is 0 Å². The van der Waals surface area contributed by atoms with E-state index in [0.717, 1.165) is 30.0 Å². The highest BCUT2D eigenvalue weighted by Gasteiger charge is 2.39. The summed E-state index contributed by atoms with van der Waals surface area (Å²) in [7, 11) is 0. The van der Waals surface area contributed by atoms with Gasteiger partial charge in [-0.1, -0.05) is 27.7 Å². The van der Waals surface area contributed by atoms with Gasteiger partial charge in [-0.05, 0) is 38.1 Å². The Kier molecular flexibility index (Phi) is 4.14. The van der Waals surface area contributed by atoms with Crippen LogP contribution >= 0.6 is 0 Å². The van der Waals surface area contributed by atoms with Gasteiger partial charge in [0.05, 0.1) is 0 Å². The van der Waals surface area contributed by atoms with Gasteiger partial charge in [0.15, 0.2) is 0 Å². The van der Waals surface area contributed by atoms with Gasteiger partial charge in [0.1, 0.15) is 0 Å². The molecule has 2 aliphatic rings. The summed E-state index contributed by atoms with van der Waals surface area (Å²) in [5.74, 6) is 1.54. The molecule has 17 heavy (non-hydrogen) atoms. The van der Waals surface area contributed by atoms with Crippen LogP contribution in [0.1, 0.15) is 47.5 Å². The van der Waals surface area contributed by atoms with Crippen LogP contribution in [0.15, 0.2) is 0 Å². The van der Waals surface area contributed by atoms with Gasteiger partial charge in [0.2, 0.25) is 0 Å². The van der Waals surface area contributed by atoms with Crippen molar-refractivity contribution < 1.29 is 0 Å². The number of piperazine rings is 1. The second kappa shape index (κ2) is 5.27. The molecule has 2 fully saturated rings. The van der Waals surface area contributed by atoms with Crippen LogP contribution < -0.4 is 0 Å². The van der Waals surface area contributed by atoms with E-state index in [1.165, 1.54) is 32.5 Å². The van der Waals surface area contributed by atoms with Crippen LogP contribution in [0.5, 0.6) is 0 Å². The van der Waals surface area contributed by atoms with Crippen LogP contribution in [-0.2, 0) is 0 Å². The van der Waals surface area contributed by atoms with Gasteiger partial charge in [0.25, 0.3) is 0 Å². The van der Waals surface area contributed by atoms with Crippen molar-refractivity contribution in [2.75, 3.05) is 19.6 Å². The highest BCUT2D eigenvalue weighted by molar-refractivity contribution is 4.95. The number of hydrogen-bond donors (Lipinski definition) is 0. The summed E-state index contributed by atoms with van der Waals surface area (Å²) in [5, 5.41) is 0. The zero-order chi connectivity index (χ0) is 12.6.